The van der Waals surface area contributed by atoms with Crippen molar-refractivity contribution in [2.45, 2.75) is 13.8 Å². The van der Waals surface area contributed by atoms with Gasteiger partial charge >= 0.3 is 6.85 Å². The molecule has 1 aromatic heterocycles. The van der Waals surface area contributed by atoms with E-state index in [2.05, 4.69) is 126 Å². The van der Waals surface area contributed by atoms with E-state index in [9.17, 15) is 0 Å². The molecule has 35 heavy (non-hydrogen) atoms. The highest BCUT2D eigenvalue weighted by atomic mass is 15.1. The van der Waals surface area contributed by atoms with E-state index in [0.29, 0.717) is 0 Å². The number of aromatic nitrogens is 1. The molecule has 0 amide bonds. The van der Waals surface area contributed by atoms with Gasteiger partial charge in [0.2, 0.25) is 0 Å². The van der Waals surface area contributed by atoms with Gasteiger partial charge in [-0.25, -0.2) is 0 Å². The van der Waals surface area contributed by atoms with Gasteiger partial charge in [-0.15, -0.1) is 0 Å². The number of hydrogen-bond donors (Lipinski definition) is 0. The third-order valence-electron chi connectivity index (χ3n) is 7.94. The summed E-state index contributed by atoms with van der Waals surface area (Å²) < 4.78 is 2.51. The van der Waals surface area contributed by atoms with Gasteiger partial charge in [0.05, 0.1) is 11.0 Å². The number of anilines is 2. The van der Waals surface area contributed by atoms with Crippen molar-refractivity contribution in [1.82, 2.24) is 4.57 Å². The topological polar surface area (TPSA) is 8.17 Å². The summed E-state index contributed by atoms with van der Waals surface area (Å²) in [6, 6.07) is 38.3. The van der Waals surface area contributed by atoms with Crippen molar-refractivity contribution in [3.8, 4) is 16.8 Å². The first kappa shape index (κ1) is 19.1. The maximum Gasteiger partial charge on any atom is 0.333 e. The summed E-state index contributed by atoms with van der Waals surface area (Å²) in [6.45, 7) is 4.54. The number of aryl methyl sites for hydroxylation is 2. The SMILES string of the molecule is Cc1cccc(N2B3c4c(cccc4-n4c5ccccc5c5cccc3c54)-c3c(C)cccc32)c1. The number of fused-ring (bicyclic) bond motifs is 7. The van der Waals surface area contributed by atoms with Gasteiger partial charge in [-0.05, 0) is 71.8 Å². The third kappa shape index (κ3) is 2.35. The molecule has 2 aliphatic heterocycles. The quantitative estimate of drug-likeness (QED) is 0.257. The van der Waals surface area contributed by atoms with Crippen molar-refractivity contribution in [1.29, 1.82) is 0 Å². The average molecular weight is 446 g/mol. The fraction of sp³-hybridized carbons (Fsp3) is 0.0625. The van der Waals surface area contributed by atoms with Crippen molar-refractivity contribution in [2.75, 3.05) is 4.81 Å². The Labute approximate surface area is 205 Å². The van der Waals surface area contributed by atoms with Crippen LogP contribution in [0.3, 0.4) is 0 Å². The number of para-hydroxylation sites is 2. The van der Waals surface area contributed by atoms with Crippen LogP contribution in [0.15, 0.2) is 103 Å². The van der Waals surface area contributed by atoms with Gasteiger partial charge in [0, 0.05) is 33.4 Å². The van der Waals surface area contributed by atoms with Gasteiger partial charge < -0.3 is 9.38 Å². The van der Waals surface area contributed by atoms with Crippen LogP contribution in [0.4, 0.5) is 11.4 Å². The Kier molecular flexibility index (Phi) is 3.64. The second-order valence-electron chi connectivity index (χ2n) is 9.91. The summed E-state index contributed by atoms with van der Waals surface area (Å²) in [7, 11) is 0. The second-order valence-corrected chi connectivity index (χ2v) is 9.91. The fourth-order valence-electron chi connectivity index (χ4n) is 6.60. The van der Waals surface area contributed by atoms with E-state index in [1.807, 2.05) is 0 Å². The highest BCUT2D eigenvalue weighted by molar-refractivity contribution is 6.93. The Morgan fingerprint density at radius 1 is 0.657 bits per heavy atom. The van der Waals surface area contributed by atoms with Gasteiger partial charge in [-0.2, -0.15) is 0 Å². The van der Waals surface area contributed by atoms with Crippen LogP contribution in [0, 0.1) is 13.8 Å². The first-order chi connectivity index (χ1) is 17.2. The Morgan fingerprint density at radius 2 is 1.43 bits per heavy atom. The molecular weight excluding hydrogens is 423 g/mol. The molecule has 0 N–H and O–H groups in total. The lowest BCUT2D eigenvalue weighted by Crippen LogP contribution is -2.60. The average Bonchev–Trinajstić information content (AvgIpc) is 3.22. The highest BCUT2D eigenvalue weighted by Crippen LogP contribution is 2.45. The zero-order valence-electron chi connectivity index (χ0n) is 19.8. The van der Waals surface area contributed by atoms with Crippen molar-refractivity contribution in [2.24, 2.45) is 0 Å². The summed E-state index contributed by atoms with van der Waals surface area (Å²) in [4.78, 5) is 2.58. The molecule has 0 unspecified atom stereocenters. The van der Waals surface area contributed by atoms with Crippen LogP contribution >= 0.6 is 0 Å². The summed E-state index contributed by atoms with van der Waals surface area (Å²) in [5.41, 5.74) is 14.5. The predicted octanol–water partition coefficient (Wildman–Crippen LogP) is 6.64. The summed E-state index contributed by atoms with van der Waals surface area (Å²) >= 11 is 0. The lowest BCUT2D eigenvalue weighted by Gasteiger charge is -2.42. The summed E-state index contributed by atoms with van der Waals surface area (Å²) in [5.74, 6) is 0. The Bertz CT molecular complexity index is 1840. The predicted molar refractivity (Wildman–Crippen MR) is 149 cm³/mol. The minimum atomic E-state index is 0.109. The molecule has 164 valence electrons. The zero-order valence-corrected chi connectivity index (χ0v) is 19.8. The van der Waals surface area contributed by atoms with Gasteiger partial charge in [0.25, 0.3) is 0 Å². The fourth-order valence-corrected chi connectivity index (χ4v) is 6.60. The standard InChI is InChI=1S/C32H23BN2/c1-20-9-5-11-22(19-20)35-28-17-6-10-21(2)30(28)25-14-8-18-29-31(25)33(35)26-15-7-13-24-23-12-3-4-16-27(23)34(29)32(24)26/h3-19H,1-2H3. The number of nitrogens with zero attached hydrogens (tertiary/aromatic N) is 2. The Balaban J connectivity index is 1.60. The minimum Gasteiger partial charge on any atom is -0.376 e. The van der Waals surface area contributed by atoms with Crippen LogP contribution in [0.25, 0.3) is 38.6 Å². The molecule has 5 aromatic carbocycles. The van der Waals surface area contributed by atoms with E-state index in [0.717, 1.165) is 0 Å². The molecule has 0 fully saturated rings. The van der Waals surface area contributed by atoms with Crippen molar-refractivity contribution < 1.29 is 0 Å². The molecule has 0 saturated carbocycles. The molecule has 3 heterocycles. The van der Waals surface area contributed by atoms with Gasteiger partial charge in [-0.1, -0.05) is 72.8 Å². The van der Waals surface area contributed by atoms with E-state index in [1.54, 1.807) is 0 Å². The van der Waals surface area contributed by atoms with E-state index in [1.165, 1.54) is 72.0 Å². The first-order valence-corrected chi connectivity index (χ1v) is 12.3. The maximum absolute atomic E-state index is 2.58. The van der Waals surface area contributed by atoms with E-state index >= 15 is 0 Å². The van der Waals surface area contributed by atoms with Gasteiger partial charge in [-0.3, -0.25) is 0 Å². The molecule has 2 nitrogen and oxygen atoms in total. The highest BCUT2D eigenvalue weighted by Gasteiger charge is 2.43. The lowest BCUT2D eigenvalue weighted by molar-refractivity contribution is 1.18. The van der Waals surface area contributed by atoms with Crippen molar-refractivity contribution >= 4 is 51.0 Å². The van der Waals surface area contributed by atoms with Crippen molar-refractivity contribution in [3.63, 3.8) is 0 Å². The monoisotopic (exact) mass is 446 g/mol. The number of benzene rings is 5. The molecule has 0 spiro atoms. The van der Waals surface area contributed by atoms with Crippen LogP contribution in [0.5, 0.6) is 0 Å². The summed E-state index contributed by atoms with van der Waals surface area (Å²) in [5, 5.41) is 2.64. The molecule has 0 aliphatic carbocycles. The minimum absolute atomic E-state index is 0.109. The van der Waals surface area contributed by atoms with E-state index in [4.69, 9.17) is 0 Å². The van der Waals surface area contributed by atoms with Crippen LogP contribution < -0.4 is 15.7 Å². The Hall–Kier alpha value is -4.24. The van der Waals surface area contributed by atoms with Crippen LogP contribution in [0.1, 0.15) is 11.1 Å². The molecule has 0 saturated heterocycles. The molecule has 0 radical (unpaired) electrons. The Morgan fingerprint density at radius 3 is 2.34 bits per heavy atom. The molecule has 0 bridgehead atoms. The molecular formula is C32H23BN2. The van der Waals surface area contributed by atoms with Crippen LogP contribution in [-0.2, 0) is 0 Å². The molecule has 6 aromatic rings. The van der Waals surface area contributed by atoms with Gasteiger partial charge in [0.15, 0.2) is 0 Å². The number of hydrogen-bond acceptors (Lipinski definition) is 1. The number of rotatable bonds is 1. The van der Waals surface area contributed by atoms with Gasteiger partial charge in [0.1, 0.15) is 0 Å². The molecule has 3 heteroatoms. The zero-order chi connectivity index (χ0) is 23.3. The molecule has 2 aliphatic rings. The maximum atomic E-state index is 2.58. The second kappa shape index (κ2) is 6.67. The third-order valence-corrected chi connectivity index (χ3v) is 7.94. The normalized spacial score (nSPS) is 13.3. The van der Waals surface area contributed by atoms with Crippen LogP contribution in [0.2, 0.25) is 0 Å². The van der Waals surface area contributed by atoms with E-state index in [-0.39, 0.29) is 6.85 Å². The lowest BCUT2D eigenvalue weighted by atomic mass is 9.44. The summed E-state index contributed by atoms with van der Waals surface area (Å²) in [6.07, 6.45) is 0. The first-order valence-electron chi connectivity index (χ1n) is 12.3. The van der Waals surface area contributed by atoms with Crippen LogP contribution in [-0.4, -0.2) is 11.4 Å². The molecule has 8 rings (SSSR count). The molecule has 0 atom stereocenters. The van der Waals surface area contributed by atoms with E-state index < -0.39 is 0 Å². The van der Waals surface area contributed by atoms with Crippen molar-refractivity contribution in [3.05, 3.63) is 114 Å². The largest absolute Gasteiger partial charge is 0.376 e. The smallest absolute Gasteiger partial charge is 0.333 e.